The Morgan fingerprint density at radius 3 is 2.67 bits per heavy atom. The zero-order valence-electron chi connectivity index (χ0n) is 19.0. The quantitative estimate of drug-likeness (QED) is 0.561. The van der Waals surface area contributed by atoms with Crippen LogP contribution in [0.1, 0.15) is 52.6 Å². The minimum absolute atomic E-state index is 0.0231. The van der Waals surface area contributed by atoms with Crippen LogP contribution < -0.4 is 4.74 Å². The Kier molecular flexibility index (Phi) is 6.16. The van der Waals surface area contributed by atoms with Crippen LogP contribution >= 0.6 is 0 Å². The molecule has 0 spiro atoms. The molecular weight excluding hydrogens is 417 g/mol. The molecule has 1 atom stereocenters. The minimum atomic E-state index is -0.256. The Balaban J connectivity index is 1.23. The van der Waals surface area contributed by atoms with Gasteiger partial charge in [-0.3, -0.25) is 4.79 Å². The van der Waals surface area contributed by atoms with Crippen LogP contribution in [0, 0.1) is 11.7 Å². The topological polar surface area (TPSA) is 47.4 Å². The van der Waals surface area contributed by atoms with Crippen molar-refractivity contribution < 1.29 is 13.9 Å². The van der Waals surface area contributed by atoms with E-state index in [1.807, 2.05) is 17.2 Å². The van der Waals surface area contributed by atoms with E-state index >= 15 is 0 Å². The monoisotopic (exact) mass is 447 g/mol. The van der Waals surface area contributed by atoms with E-state index in [1.165, 1.54) is 11.6 Å². The maximum absolute atomic E-state index is 13.9. The van der Waals surface area contributed by atoms with Crippen molar-refractivity contribution >= 4 is 5.91 Å². The SMILES string of the molecule is COc1ccc(F)cc1[C@H]1CCc2nc(C(=O)N3CCC(Cc4ccccc4)CC3)cn2C1. The van der Waals surface area contributed by atoms with Crippen LogP contribution in [0.25, 0.3) is 0 Å². The van der Waals surface area contributed by atoms with Crippen LogP contribution in [-0.4, -0.2) is 40.6 Å². The maximum Gasteiger partial charge on any atom is 0.274 e. The molecule has 1 fully saturated rings. The average Bonchev–Trinajstić information content (AvgIpc) is 3.28. The maximum atomic E-state index is 13.9. The van der Waals surface area contributed by atoms with Crippen LogP contribution in [-0.2, 0) is 19.4 Å². The molecule has 1 amide bonds. The number of rotatable bonds is 5. The van der Waals surface area contributed by atoms with Gasteiger partial charge in [-0.05, 0) is 55.4 Å². The normalized spacial score (nSPS) is 18.7. The summed E-state index contributed by atoms with van der Waals surface area (Å²) in [6.45, 7) is 2.23. The predicted octanol–water partition coefficient (Wildman–Crippen LogP) is 4.86. The van der Waals surface area contributed by atoms with Crippen molar-refractivity contribution in [2.75, 3.05) is 20.2 Å². The number of halogens is 1. The van der Waals surface area contributed by atoms with E-state index in [1.54, 1.807) is 19.2 Å². The van der Waals surface area contributed by atoms with Gasteiger partial charge in [-0.1, -0.05) is 30.3 Å². The Bertz CT molecular complexity index is 1120. The first-order valence-electron chi connectivity index (χ1n) is 11.8. The molecule has 1 saturated heterocycles. The lowest BCUT2D eigenvalue weighted by molar-refractivity contribution is 0.0685. The second-order valence-corrected chi connectivity index (χ2v) is 9.24. The number of hydrogen-bond acceptors (Lipinski definition) is 3. The van der Waals surface area contributed by atoms with Crippen LogP contribution in [0.3, 0.4) is 0 Å². The van der Waals surface area contributed by atoms with Crippen LogP contribution in [0.2, 0.25) is 0 Å². The molecule has 5 rings (SSSR count). The van der Waals surface area contributed by atoms with Crippen LogP contribution in [0.4, 0.5) is 4.39 Å². The lowest BCUT2D eigenvalue weighted by Crippen LogP contribution is -2.39. The number of hydrogen-bond donors (Lipinski definition) is 0. The zero-order valence-corrected chi connectivity index (χ0v) is 19.0. The third kappa shape index (κ3) is 4.65. The van der Waals surface area contributed by atoms with Crippen molar-refractivity contribution in [3.63, 3.8) is 0 Å². The third-order valence-electron chi connectivity index (χ3n) is 7.11. The summed E-state index contributed by atoms with van der Waals surface area (Å²) < 4.78 is 21.4. The molecule has 0 saturated carbocycles. The van der Waals surface area contributed by atoms with Gasteiger partial charge in [-0.2, -0.15) is 0 Å². The van der Waals surface area contributed by atoms with Gasteiger partial charge < -0.3 is 14.2 Å². The van der Waals surface area contributed by atoms with Crippen molar-refractivity contribution in [2.45, 2.75) is 44.6 Å². The fourth-order valence-corrected chi connectivity index (χ4v) is 5.27. The van der Waals surface area contributed by atoms with Crippen LogP contribution in [0.15, 0.2) is 54.7 Å². The lowest BCUT2D eigenvalue weighted by Gasteiger charge is -2.31. The number of nitrogens with zero attached hydrogens (tertiary/aromatic N) is 3. The second-order valence-electron chi connectivity index (χ2n) is 9.24. The number of carbonyl (C=O) groups excluding carboxylic acids is 1. The first kappa shape index (κ1) is 21.7. The van der Waals surface area contributed by atoms with E-state index in [9.17, 15) is 9.18 Å². The van der Waals surface area contributed by atoms with Gasteiger partial charge in [0.25, 0.3) is 5.91 Å². The molecule has 0 radical (unpaired) electrons. The molecule has 172 valence electrons. The largest absolute Gasteiger partial charge is 0.496 e. The fourth-order valence-electron chi connectivity index (χ4n) is 5.27. The number of likely N-dealkylation sites (tertiary alicyclic amines) is 1. The van der Waals surface area contributed by atoms with Crippen LogP contribution in [0.5, 0.6) is 5.75 Å². The molecule has 0 bridgehead atoms. The molecule has 0 N–H and O–H groups in total. The summed E-state index contributed by atoms with van der Waals surface area (Å²) in [6, 6.07) is 15.3. The summed E-state index contributed by atoms with van der Waals surface area (Å²) in [5, 5.41) is 0. The van der Waals surface area contributed by atoms with Crippen molar-refractivity contribution in [1.82, 2.24) is 14.5 Å². The number of fused-ring (bicyclic) bond motifs is 1. The third-order valence-corrected chi connectivity index (χ3v) is 7.11. The summed E-state index contributed by atoms with van der Waals surface area (Å²) in [7, 11) is 1.61. The number of piperidine rings is 1. The molecule has 3 aromatic rings. The Morgan fingerprint density at radius 1 is 1.12 bits per heavy atom. The van der Waals surface area contributed by atoms with Crippen molar-refractivity contribution in [1.29, 1.82) is 0 Å². The van der Waals surface area contributed by atoms with Gasteiger partial charge >= 0.3 is 0 Å². The molecule has 2 aliphatic rings. The number of methoxy groups -OCH3 is 1. The average molecular weight is 448 g/mol. The van der Waals surface area contributed by atoms with Gasteiger partial charge in [0.2, 0.25) is 0 Å². The van der Waals surface area contributed by atoms with Gasteiger partial charge in [0.15, 0.2) is 0 Å². The van der Waals surface area contributed by atoms with Gasteiger partial charge in [-0.15, -0.1) is 0 Å². The Morgan fingerprint density at radius 2 is 1.91 bits per heavy atom. The van der Waals surface area contributed by atoms with Gasteiger partial charge in [0.05, 0.1) is 7.11 Å². The highest BCUT2D eigenvalue weighted by atomic mass is 19.1. The number of imidazole rings is 1. The second kappa shape index (κ2) is 9.38. The van der Waals surface area contributed by atoms with E-state index in [4.69, 9.17) is 4.74 Å². The summed E-state index contributed by atoms with van der Waals surface area (Å²) in [5.41, 5.74) is 2.78. The van der Waals surface area contributed by atoms with Crippen molar-refractivity contribution in [2.24, 2.45) is 5.92 Å². The molecule has 5 nitrogen and oxygen atoms in total. The molecule has 0 unspecified atom stereocenters. The number of aromatic nitrogens is 2. The molecule has 2 aromatic carbocycles. The number of carbonyl (C=O) groups is 1. The molecule has 1 aromatic heterocycles. The molecule has 33 heavy (non-hydrogen) atoms. The van der Waals surface area contributed by atoms with Crippen molar-refractivity contribution in [3.8, 4) is 5.75 Å². The van der Waals surface area contributed by atoms with E-state index < -0.39 is 0 Å². The van der Waals surface area contributed by atoms with E-state index in [-0.39, 0.29) is 17.6 Å². The smallest absolute Gasteiger partial charge is 0.274 e. The van der Waals surface area contributed by atoms with Gasteiger partial charge in [0, 0.05) is 43.7 Å². The van der Waals surface area contributed by atoms with E-state index in [2.05, 4.69) is 33.8 Å². The summed E-state index contributed by atoms with van der Waals surface area (Å²) in [5.74, 6) is 2.16. The standard InChI is InChI=1S/C27H30FN3O2/c1-33-25-9-8-22(28)16-23(25)21-7-10-26-29-24(18-31(26)17-21)27(32)30-13-11-20(12-14-30)15-19-5-3-2-4-6-19/h2-6,8-9,16,18,20-21H,7,10-15,17H2,1H3/t21-/m0/s1. The summed E-state index contributed by atoms with van der Waals surface area (Å²) >= 11 is 0. The number of aryl methyl sites for hydroxylation is 1. The van der Waals surface area contributed by atoms with Crippen molar-refractivity contribution in [3.05, 3.63) is 83.2 Å². The Labute approximate surface area is 194 Å². The number of ether oxygens (including phenoxy) is 1. The summed E-state index contributed by atoms with van der Waals surface area (Å²) in [6.07, 6.45) is 6.62. The predicted molar refractivity (Wildman–Crippen MR) is 125 cm³/mol. The van der Waals surface area contributed by atoms with E-state index in [0.717, 1.165) is 56.6 Å². The molecular formula is C27H30FN3O2. The summed E-state index contributed by atoms with van der Waals surface area (Å²) in [4.78, 5) is 19.8. The van der Waals surface area contributed by atoms with Gasteiger partial charge in [-0.25, -0.2) is 9.37 Å². The first-order valence-corrected chi connectivity index (χ1v) is 11.8. The molecule has 6 heteroatoms. The fraction of sp³-hybridized carbons (Fsp3) is 0.407. The van der Waals surface area contributed by atoms with E-state index in [0.29, 0.717) is 23.9 Å². The van der Waals surface area contributed by atoms with Gasteiger partial charge in [0.1, 0.15) is 23.1 Å². The highest BCUT2D eigenvalue weighted by Gasteiger charge is 2.29. The lowest BCUT2D eigenvalue weighted by atomic mass is 9.90. The highest BCUT2D eigenvalue weighted by Crippen LogP contribution is 2.35. The molecule has 3 heterocycles. The Hall–Kier alpha value is -3.15. The number of amides is 1. The number of benzene rings is 2. The molecule has 0 aliphatic carbocycles. The first-order chi connectivity index (χ1) is 16.1. The highest BCUT2D eigenvalue weighted by molar-refractivity contribution is 5.92. The molecule has 2 aliphatic heterocycles. The minimum Gasteiger partial charge on any atom is -0.496 e. The zero-order chi connectivity index (χ0) is 22.8.